The van der Waals surface area contributed by atoms with Crippen molar-refractivity contribution in [1.82, 2.24) is 0 Å². The molecule has 0 bridgehead atoms. The summed E-state index contributed by atoms with van der Waals surface area (Å²) in [5, 5.41) is 9.51. The minimum atomic E-state index is -1.71. The number of rotatable bonds is 4. The third-order valence-electron chi connectivity index (χ3n) is 5.56. The minimum Gasteiger partial charge on any atom is -0.479 e. The third kappa shape index (κ3) is 2.79. The Morgan fingerprint density at radius 1 is 1.42 bits per heavy atom. The summed E-state index contributed by atoms with van der Waals surface area (Å²) in [4.78, 5) is 35.5. The molecule has 1 N–H and O–H groups in total. The molecule has 0 saturated heterocycles. The first-order valence-corrected chi connectivity index (χ1v) is 8.00. The summed E-state index contributed by atoms with van der Waals surface area (Å²) in [6, 6.07) is 0. The van der Waals surface area contributed by atoms with E-state index in [-0.39, 0.29) is 29.3 Å². The molecule has 6 nitrogen and oxygen atoms in total. The van der Waals surface area contributed by atoms with Gasteiger partial charge in [-0.3, -0.25) is 9.59 Å². The van der Waals surface area contributed by atoms with E-state index in [1.54, 1.807) is 6.08 Å². The molecule has 4 atom stereocenters. The second kappa shape index (κ2) is 6.16. The average Bonchev–Trinajstić information content (AvgIpc) is 2.50. The van der Waals surface area contributed by atoms with Crippen LogP contribution in [0.2, 0.25) is 0 Å². The normalized spacial score (nSPS) is 32.1. The second-order valence-electron chi connectivity index (χ2n) is 6.89. The fourth-order valence-corrected chi connectivity index (χ4v) is 3.61. The van der Waals surface area contributed by atoms with Crippen LogP contribution in [0, 0.1) is 11.3 Å². The lowest BCUT2D eigenvalue weighted by Crippen LogP contribution is -2.48. The Hall–Kier alpha value is -1.95. The molecule has 0 aromatic heterocycles. The molecule has 6 heteroatoms. The van der Waals surface area contributed by atoms with E-state index in [4.69, 9.17) is 9.47 Å². The van der Waals surface area contributed by atoms with Crippen molar-refractivity contribution < 1.29 is 29.0 Å². The minimum absolute atomic E-state index is 0.0839. The van der Waals surface area contributed by atoms with Gasteiger partial charge in [-0.2, -0.15) is 0 Å². The van der Waals surface area contributed by atoms with Gasteiger partial charge in [0.2, 0.25) is 0 Å². The van der Waals surface area contributed by atoms with Crippen molar-refractivity contribution in [2.75, 3.05) is 7.11 Å². The van der Waals surface area contributed by atoms with E-state index in [0.29, 0.717) is 12.8 Å². The van der Waals surface area contributed by atoms with Crippen LogP contribution < -0.4 is 0 Å². The molecule has 0 aromatic rings. The van der Waals surface area contributed by atoms with Gasteiger partial charge in [0, 0.05) is 30.9 Å². The maximum atomic E-state index is 12.5. The Morgan fingerprint density at radius 2 is 2.04 bits per heavy atom. The van der Waals surface area contributed by atoms with Gasteiger partial charge < -0.3 is 14.6 Å². The average molecular weight is 336 g/mol. The van der Waals surface area contributed by atoms with Gasteiger partial charge in [0.15, 0.2) is 11.4 Å². The fraction of sp³-hybridized carbons (Fsp3) is 0.611. The van der Waals surface area contributed by atoms with Crippen LogP contribution in [0.25, 0.3) is 0 Å². The quantitative estimate of drug-likeness (QED) is 0.792. The van der Waals surface area contributed by atoms with Gasteiger partial charge >= 0.3 is 11.9 Å². The van der Waals surface area contributed by atoms with Crippen LogP contribution in [-0.2, 0) is 23.9 Å². The zero-order chi connectivity index (χ0) is 18.3. The molecule has 2 rings (SSSR count). The summed E-state index contributed by atoms with van der Waals surface area (Å²) >= 11 is 0. The van der Waals surface area contributed by atoms with E-state index in [1.165, 1.54) is 27.0 Å². The van der Waals surface area contributed by atoms with Crippen molar-refractivity contribution >= 4 is 17.7 Å². The number of hydrogen-bond donors (Lipinski definition) is 1. The highest BCUT2D eigenvalue weighted by Crippen LogP contribution is 2.50. The lowest BCUT2D eigenvalue weighted by atomic mass is 9.60. The number of fused-ring (bicyclic) bond motifs is 1. The van der Waals surface area contributed by atoms with Crippen molar-refractivity contribution in [2.45, 2.75) is 52.2 Å². The summed E-state index contributed by atoms with van der Waals surface area (Å²) in [6.07, 6.45) is 4.23. The highest BCUT2D eigenvalue weighted by molar-refractivity contribution is 6.11. The number of allylic oxidation sites excluding steroid dienone is 3. The number of ether oxygens (including phenoxy) is 2. The molecule has 0 heterocycles. The number of esters is 1. The Morgan fingerprint density at radius 3 is 2.54 bits per heavy atom. The molecule has 0 aliphatic heterocycles. The first kappa shape index (κ1) is 18.4. The zero-order valence-electron chi connectivity index (χ0n) is 14.7. The van der Waals surface area contributed by atoms with Gasteiger partial charge in [-0.15, -0.1) is 0 Å². The number of aliphatic carboxylic acids is 1. The van der Waals surface area contributed by atoms with E-state index in [9.17, 15) is 19.5 Å². The van der Waals surface area contributed by atoms with Crippen molar-refractivity contribution in [3.05, 3.63) is 23.3 Å². The molecule has 2 aliphatic carbocycles. The van der Waals surface area contributed by atoms with E-state index < -0.39 is 17.0 Å². The molecule has 0 amide bonds. The van der Waals surface area contributed by atoms with Crippen molar-refractivity contribution in [3.63, 3.8) is 0 Å². The lowest BCUT2D eigenvalue weighted by Gasteiger charge is -2.46. The van der Waals surface area contributed by atoms with Gasteiger partial charge in [0.05, 0.1) is 0 Å². The molecule has 0 radical (unpaired) electrons. The number of carbonyl (C=O) groups is 3. The van der Waals surface area contributed by atoms with Crippen LogP contribution in [0.4, 0.5) is 0 Å². The monoisotopic (exact) mass is 336 g/mol. The van der Waals surface area contributed by atoms with Gasteiger partial charge in [-0.05, 0) is 25.8 Å². The number of carbonyl (C=O) groups excluding carboxylic acids is 2. The number of ketones is 1. The smallest absolute Gasteiger partial charge is 0.340 e. The number of carboxylic acid groups (broad SMARTS) is 1. The van der Waals surface area contributed by atoms with Crippen LogP contribution in [0.3, 0.4) is 0 Å². The van der Waals surface area contributed by atoms with Gasteiger partial charge in [-0.1, -0.05) is 25.5 Å². The van der Waals surface area contributed by atoms with Gasteiger partial charge in [0.1, 0.15) is 6.10 Å². The molecule has 0 aromatic carbocycles. The molecular weight excluding hydrogens is 312 g/mol. The number of carboxylic acids is 1. The summed E-state index contributed by atoms with van der Waals surface area (Å²) in [6.45, 7) is 6.65. The first-order valence-electron chi connectivity index (χ1n) is 8.00. The molecule has 0 spiro atoms. The number of methoxy groups -OCH3 is 1. The van der Waals surface area contributed by atoms with Gasteiger partial charge in [0.25, 0.3) is 0 Å². The standard InChI is InChI=1S/C18H24O6/c1-10-15(24-11(2)19)7-6-12-8-14(20)13(9-17(10,12)3)18(4,23-5)16(21)22/h8-10,15H,6-7H2,1-5H3,(H,21,22)/t10-,15-,17+,18+/m0/s1. The summed E-state index contributed by atoms with van der Waals surface area (Å²) in [5.74, 6) is -1.98. The molecule has 24 heavy (non-hydrogen) atoms. The van der Waals surface area contributed by atoms with Crippen molar-refractivity contribution in [1.29, 1.82) is 0 Å². The van der Waals surface area contributed by atoms with Crippen molar-refractivity contribution in [2.24, 2.45) is 11.3 Å². The number of hydrogen-bond acceptors (Lipinski definition) is 5. The Kier molecular flexibility index (Phi) is 4.72. The molecule has 132 valence electrons. The van der Waals surface area contributed by atoms with E-state index in [2.05, 4.69) is 0 Å². The first-order chi connectivity index (χ1) is 11.1. The molecule has 2 aliphatic rings. The van der Waals surface area contributed by atoms with Gasteiger partial charge in [-0.25, -0.2) is 4.79 Å². The van der Waals surface area contributed by atoms with E-state index in [1.807, 2.05) is 13.8 Å². The second-order valence-corrected chi connectivity index (χ2v) is 6.89. The topological polar surface area (TPSA) is 89.9 Å². The Labute approximate surface area is 141 Å². The van der Waals surface area contributed by atoms with Crippen LogP contribution >= 0.6 is 0 Å². The highest BCUT2D eigenvalue weighted by atomic mass is 16.5. The molecule has 1 saturated carbocycles. The summed E-state index contributed by atoms with van der Waals surface area (Å²) < 4.78 is 10.6. The predicted octanol–water partition coefficient (Wildman–Crippen LogP) is 2.28. The Balaban J connectivity index is 2.49. The summed E-state index contributed by atoms with van der Waals surface area (Å²) in [7, 11) is 1.27. The largest absolute Gasteiger partial charge is 0.479 e. The van der Waals surface area contributed by atoms with E-state index >= 15 is 0 Å². The molecule has 0 unspecified atom stereocenters. The maximum absolute atomic E-state index is 12.5. The third-order valence-corrected chi connectivity index (χ3v) is 5.56. The SMILES string of the molecule is CO[C@@](C)(C(=O)O)C1=C[C@@]2(C)C(=CC1=O)CC[C@H](OC(C)=O)[C@@H]2C. The van der Waals surface area contributed by atoms with Crippen LogP contribution in [0.1, 0.15) is 40.5 Å². The highest BCUT2D eigenvalue weighted by Gasteiger charge is 2.50. The van der Waals surface area contributed by atoms with Crippen LogP contribution in [0.15, 0.2) is 23.3 Å². The van der Waals surface area contributed by atoms with E-state index in [0.717, 1.165) is 5.57 Å². The maximum Gasteiger partial charge on any atom is 0.340 e. The van der Waals surface area contributed by atoms with Crippen LogP contribution in [0.5, 0.6) is 0 Å². The molecule has 1 fully saturated rings. The fourth-order valence-electron chi connectivity index (χ4n) is 3.61. The molecular formula is C18H24O6. The summed E-state index contributed by atoms with van der Waals surface area (Å²) in [5.41, 5.74) is -1.22. The predicted molar refractivity (Wildman–Crippen MR) is 86.3 cm³/mol. The van der Waals surface area contributed by atoms with Crippen LogP contribution in [-0.4, -0.2) is 41.6 Å². The van der Waals surface area contributed by atoms with Crippen molar-refractivity contribution in [3.8, 4) is 0 Å². The lowest BCUT2D eigenvalue weighted by molar-refractivity contribution is -0.157. The zero-order valence-corrected chi connectivity index (χ0v) is 14.7. The Bertz CT molecular complexity index is 646.